The molecule has 0 spiro atoms. The van der Waals surface area contributed by atoms with Crippen molar-refractivity contribution in [1.29, 1.82) is 0 Å². The van der Waals surface area contributed by atoms with E-state index in [0.717, 1.165) is 11.8 Å². The molecule has 2 N–H and O–H groups in total. The van der Waals surface area contributed by atoms with Gasteiger partial charge < -0.3 is 20.2 Å². The minimum atomic E-state index is -1.28. The lowest BCUT2D eigenvalue weighted by Crippen LogP contribution is -2.22. The fourth-order valence-corrected chi connectivity index (χ4v) is 2.82. The van der Waals surface area contributed by atoms with Gasteiger partial charge in [-0.25, -0.2) is 4.98 Å². The lowest BCUT2D eigenvalue weighted by atomic mass is 10.2. The normalized spacial score (nSPS) is 10.6. The maximum atomic E-state index is 12.0. The summed E-state index contributed by atoms with van der Waals surface area (Å²) < 4.78 is 0. The van der Waals surface area contributed by atoms with Gasteiger partial charge in [0.2, 0.25) is 5.91 Å². The van der Waals surface area contributed by atoms with Crippen LogP contribution in [-0.4, -0.2) is 27.6 Å². The van der Waals surface area contributed by atoms with Gasteiger partial charge in [0, 0.05) is 5.69 Å². The Bertz CT molecular complexity index is 999. The second-order valence-corrected chi connectivity index (χ2v) is 6.05. The second-order valence-electron chi connectivity index (χ2n) is 5.09. The van der Waals surface area contributed by atoms with E-state index in [0.29, 0.717) is 21.7 Å². The number of amides is 1. The van der Waals surface area contributed by atoms with E-state index in [1.54, 1.807) is 24.3 Å². The Balaban J connectivity index is 1.64. The summed E-state index contributed by atoms with van der Waals surface area (Å²) in [5, 5.41) is 14.2. The van der Waals surface area contributed by atoms with Crippen molar-refractivity contribution in [2.75, 3.05) is 11.1 Å². The van der Waals surface area contributed by atoms with Crippen LogP contribution >= 0.6 is 11.8 Å². The Morgan fingerprint density at radius 2 is 1.84 bits per heavy atom. The molecule has 1 amide bonds. The van der Waals surface area contributed by atoms with Gasteiger partial charge in [-0.3, -0.25) is 9.59 Å². The summed E-state index contributed by atoms with van der Waals surface area (Å²) in [5.74, 6) is -1.54. The number of rotatable bonds is 5. The zero-order chi connectivity index (χ0) is 17.8. The number of fused-ring (bicyclic) bond motifs is 1. The topological polar surface area (TPSA) is 115 Å². The largest absolute Gasteiger partial charge is 0.545 e. The first-order valence-corrected chi connectivity index (χ1v) is 8.24. The number of hydrogen-bond acceptors (Lipinski definition) is 6. The van der Waals surface area contributed by atoms with E-state index in [2.05, 4.69) is 15.3 Å². The monoisotopic (exact) mass is 354 g/mol. The maximum Gasteiger partial charge on any atom is 0.259 e. The predicted octanol–water partition coefficient (Wildman–Crippen LogP) is 1.02. The van der Waals surface area contributed by atoms with E-state index >= 15 is 0 Å². The molecular formula is C17H12N3O4S-. The summed E-state index contributed by atoms with van der Waals surface area (Å²) in [6.07, 6.45) is 0. The van der Waals surface area contributed by atoms with Gasteiger partial charge in [-0.1, -0.05) is 36.0 Å². The molecule has 0 fully saturated rings. The molecule has 0 bridgehead atoms. The number of benzene rings is 2. The summed E-state index contributed by atoms with van der Waals surface area (Å²) in [4.78, 5) is 41.5. The number of carbonyl (C=O) groups is 2. The molecule has 8 heteroatoms. The number of thioether (sulfide) groups is 1. The molecule has 0 aliphatic rings. The standard InChI is InChI=1S/C17H13N3O4S/c21-14(18-11-7-5-10(6-8-11)16(23)24)9-25-17-19-13-4-2-1-3-12(13)15(22)20-17/h1-8H,9H2,(H,18,21)(H,23,24)(H,19,20,22)/p-1. The Labute approximate surface area is 146 Å². The molecule has 0 atom stereocenters. The van der Waals surface area contributed by atoms with Crippen molar-refractivity contribution in [1.82, 2.24) is 9.97 Å². The number of carbonyl (C=O) groups excluding carboxylic acids is 2. The van der Waals surface area contributed by atoms with Gasteiger partial charge >= 0.3 is 0 Å². The van der Waals surface area contributed by atoms with Gasteiger partial charge in [-0.05, 0) is 29.8 Å². The highest BCUT2D eigenvalue weighted by molar-refractivity contribution is 7.99. The molecule has 126 valence electrons. The van der Waals surface area contributed by atoms with Crippen molar-refractivity contribution in [2.45, 2.75) is 5.16 Å². The third kappa shape index (κ3) is 4.04. The van der Waals surface area contributed by atoms with Gasteiger partial charge in [-0.2, -0.15) is 0 Å². The first-order valence-electron chi connectivity index (χ1n) is 7.26. The van der Waals surface area contributed by atoms with Crippen LogP contribution in [0, 0.1) is 0 Å². The number of hydrogen-bond donors (Lipinski definition) is 2. The average molecular weight is 354 g/mol. The molecule has 1 aromatic heterocycles. The molecule has 25 heavy (non-hydrogen) atoms. The smallest absolute Gasteiger partial charge is 0.259 e. The number of para-hydroxylation sites is 1. The number of aromatic carboxylic acids is 1. The first-order chi connectivity index (χ1) is 12.0. The minimum absolute atomic E-state index is 0.0327. The molecule has 2 aromatic carbocycles. The third-order valence-electron chi connectivity index (χ3n) is 3.34. The molecule has 7 nitrogen and oxygen atoms in total. The number of aromatic nitrogens is 2. The quantitative estimate of drug-likeness (QED) is 0.522. The number of aromatic amines is 1. The van der Waals surface area contributed by atoms with Crippen LogP contribution in [0.4, 0.5) is 5.69 Å². The van der Waals surface area contributed by atoms with E-state index in [9.17, 15) is 19.5 Å². The van der Waals surface area contributed by atoms with Crippen LogP contribution in [0.5, 0.6) is 0 Å². The van der Waals surface area contributed by atoms with Crippen LogP contribution in [0.1, 0.15) is 10.4 Å². The maximum absolute atomic E-state index is 12.0. The number of H-pyrrole nitrogens is 1. The summed E-state index contributed by atoms with van der Waals surface area (Å²) in [7, 11) is 0. The number of carboxylic acids is 1. The van der Waals surface area contributed by atoms with Gasteiger partial charge in [-0.15, -0.1) is 0 Å². The highest BCUT2D eigenvalue weighted by atomic mass is 32.2. The molecule has 0 radical (unpaired) electrons. The minimum Gasteiger partial charge on any atom is -0.545 e. The molecule has 0 aliphatic carbocycles. The van der Waals surface area contributed by atoms with Crippen molar-refractivity contribution in [3.05, 3.63) is 64.4 Å². The lowest BCUT2D eigenvalue weighted by molar-refractivity contribution is -0.255. The van der Waals surface area contributed by atoms with Crippen LogP contribution in [0.2, 0.25) is 0 Å². The number of carboxylic acid groups (broad SMARTS) is 1. The molecule has 1 heterocycles. The highest BCUT2D eigenvalue weighted by Gasteiger charge is 2.08. The van der Waals surface area contributed by atoms with Crippen molar-refractivity contribution in [3.63, 3.8) is 0 Å². The molecule has 0 unspecified atom stereocenters. The molecule has 3 rings (SSSR count). The SMILES string of the molecule is O=C(CSc1nc2ccccc2c(=O)[nH]1)Nc1ccc(C(=O)[O-])cc1. The number of nitrogens with one attached hydrogen (secondary N) is 2. The summed E-state index contributed by atoms with van der Waals surface area (Å²) in [6, 6.07) is 12.6. The molecule has 0 saturated carbocycles. The van der Waals surface area contributed by atoms with E-state index in [1.807, 2.05) is 0 Å². The molecule has 3 aromatic rings. The van der Waals surface area contributed by atoms with E-state index in [4.69, 9.17) is 0 Å². The zero-order valence-corrected chi connectivity index (χ0v) is 13.6. The van der Waals surface area contributed by atoms with Crippen molar-refractivity contribution in [3.8, 4) is 0 Å². The average Bonchev–Trinajstić information content (AvgIpc) is 2.60. The van der Waals surface area contributed by atoms with Crippen molar-refractivity contribution < 1.29 is 14.7 Å². The van der Waals surface area contributed by atoms with E-state index < -0.39 is 5.97 Å². The van der Waals surface area contributed by atoms with Crippen LogP contribution in [-0.2, 0) is 4.79 Å². The Hall–Kier alpha value is -3.13. The fraction of sp³-hybridized carbons (Fsp3) is 0.0588. The van der Waals surface area contributed by atoms with Gasteiger partial charge in [0.05, 0.1) is 22.6 Å². The molecule has 0 saturated heterocycles. The zero-order valence-electron chi connectivity index (χ0n) is 12.8. The van der Waals surface area contributed by atoms with E-state index in [1.165, 1.54) is 24.3 Å². The Morgan fingerprint density at radius 1 is 1.12 bits per heavy atom. The van der Waals surface area contributed by atoms with Crippen LogP contribution < -0.4 is 16.0 Å². The summed E-state index contributed by atoms with van der Waals surface area (Å²) >= 11 is 1.10. The predicted molar refractivity (Wildman–Crippen MR) is 92.5 cm³/mol. The van der Waals surface area contributed by atoms with Crippen molar-refractivity contribution >= 4 is 40.2 Å². The Kier molecular flexibility index (Phi) is 4.80. The second kappa shape index (κ2) is 7.18. The molecule has 0 aliphatic heterocycles. The first kappa shape index (κ1) is 16.7. The van der Waals surface area contributed by atoms with Crippen LogP contribution in [0.15, 0.2) is 58.5 Å². The fourth-order valence-electron chi connectivity index (χ4n) is 2.15. The van der Waals surface area contributed by atoms with Gasteiger partial charge in [0.25, 0.3) is 5.56 Å². The van der Waals surface area contributed by atoms with Crippen LogP contribution in [0.25, 0.3) is 10.9 Å². The number of nitrogens with zero attached hydrogens (tertiary/aromatic N) is 1. The third-order valence-corrected chi connectivity index (χ3v) is 4.21. The van der Waals surface area contributed by atoms with Crippen molar-refractivity contribution in [2.24, 2.45) is 0 Å². The van der Waals surface area contributed by atoms with Gasteiger partial charge in [0.1, 0.15) is 0 Å². The number of anilines is 1. The summed E-state index contributed by atoms with van der Waals surface area (Å²) in [6.45, 7) is 0. The van der Waals surface area contributed by atoms with Crippen LogP contribution in [0.3, 0.4) is 0 Å². The van der Waals surface area contributed by atoms with Gasteiger partial charge in [0.15, 0.2) is 5.16 Å². The van der Waals surface area contributed by atoms with E-state index in [-0.39, 0.29) is 22.8 Å². The molecular weight excluding hydrogens is 342 g/mol. The lowest BCUT2D eigenvalue weighted by Gasteiger charge is -2.07. The highest BCUT2D eigenvalue weighted by Crippen LogP contribution is 2.16. The summed E-state index contributed by atoms with van der Waals surface area (Å²) in [5.41, 5.74) is 0.805. The Morgan fingerprint density at radius 3 is 2.56 bits per heavy atom.